The normalized spacial score (nSPS) is 15.4. The van der Waals surface area contributed by atoms with Crippen LogP contribution in [0.25, 0.3) is 10.9 Å². The first-order valence-corrected chi connectivity index (χ1v) is 17.2. The summed E-state index contributed by atoms with van der Waals surface area (Å²) in [5.41, 5.74) is 3.21. The van der Waals surface area contributed by atoms with E-state index in [1.165, 1.54) is 31.2 Å². The van der Waals surface area contributed by atoms with Gasteiger partial charge in [-0.25, -0.2) is 0 Å². The van der Waals surface area contributed by atoms with E-state index in [1.54, 1.807) is 32.9 Å². The second-order valence-electron chi connectivity index (χ2n) is 13.0. The summed E-state index contributed by atoms with van der Waals surface area (Å²) in [6.07, 6.45) is 2.69. The van der Waals surface area contributed by atoms with Gasteiger partial charge in [-0.15, -0.1) is 0 Å². The summed E-state index contributed by atoms with van der Waals surface area (Å²) in [6.45, 7) is 9.09. The van der Waals surface area contributed by atoms with Gasteiger partial charge in [0.25, 0.3) is 0 Å². The van der Waals surface area contributed by atoms with Crippen LogP contribution in [-0.4, -0.2) is 76.1 Å². The lowest BCUT2D eigenvalue weighted by Gasteiger charge is -2.31. The van der Waals surface area contributed by atoms with Gasteiger partial charge in [-0.3, -0.25) is 19.2 Å². The molecule has 0 radical (unpaired) electrons. The number of carbonyl (C=O) groups is 4. The second-order valence-corrected chi connectivity index (χ2v) is 13.8. The third-order valence-corrected chi connectivity index (χ3v) is 9.25. The molecule has 0 aliphatic heterocycles. The molecule has 0 aliphatic carbocycles. The largest absolute Gasteiger partial charge is 0.508 e. The number of para-hydroxylation sites is 1. The van der Waals surface area contributed by atoms with Crippen molar-refractivity contribution in [3.8, 4) is 5.75 Å². The molecule has 2 aromatic carbocycles. The summed E-state index contributed by atoms with van der Waals surface area (Å²) in [6, 6.07) is 10.9. The molecule has 11 nitrogen and oxygen atoms in total. The van der Waals surface area contributed by atoms with E-state index in [-0.39, 0.29) is 30.4 Å². The van der Waals surface area contributed by atoms with Crippen molar-refractivity contribution >= 4 is 50.5 Å². The fourth-order valence-electron chi connectivity index (χ4n) is 6.05. The number of nitrogens with one attached hydrogen (secondary N) is 3. The van der Waals surface area contributed by atoms with Gasteiger partial charge in [-0.05, 0) is 84.8 Å². The number of aliphatic hydroxyl groups excluding tert-OH is 1. The predicted octanol–water partition coefficient (Wildman–Crippen LogP) is 5.31. The number of esters is 1. The molecule has 3 amide bonds. The number of fused-ring (bicyclic) bond motifs is 1. The number of phenols is 1. The van der Waals surface area contributed by atoms with Crippen molar-refractivity contribution in [3.63, 3.8) is 0 Å². The van der Waals surface area contributed by atoms with E-state index < -0.39 is 47.9 Å². The number of allylic oxidation sites excluding steroid dienone is 2. The van der Waals surface area contributed by atoms with E-state index in [0.29, 0.717) is 23.0 Å². The summed E-state index contributed by atoms with van der Waals surface area (Å²) < 4.78 is 5.55. The van der Waals surface area contributed by atoms with Crippen LogP contribution < -0.4 is 10.6 Å². The van der Waals surface area contributed by atoms with Gasteiger partial charge in [0.05, 0.1) is 30.3 Å². The monoisotopic (exact) mass is 740 g/mol. The SMILES string of the molecule is COC(=O)C[C@@H](NC(=O)[C@@H](Cc1c(Br)[nH]c2ccccc12)N(C)C(=O)[C@H](C)NC(=O)[C@@H](C)C/C(C)=C/[C@H](C)C[C@H](C)O)c1ccc(O)cc1. The molecule has 6 atom stereocenters. The number of likely N-dealkylation sites (N-methyl/N-ethyl adjacent to an activating group) is 1. The Balaban J connectivity index is 1.86. The number of aliphatic hydroxyl groups is 1. The Hall–Kier alpha value is -4.16. The molecule has 12 heteroatoms. The van der Waals surface area contributed by atoms with Gasteiger partial charge in [0.2, 0.25) is 17.7 Å². The highest BCUT2D eigenvalue weighted by atomic mass is 79.9. The molecule has 3 rings (SSSR count). The van der Waals surface area contributed by atoms with E-state index in [0.717, 1.165) is 22.0 Å². The lowest BCUT2D eigenvalue weighted by atomic mass is 9.95. The van der Waals surface area contributed by atoms with Crippen LogP contribution in [-0.2, 0) is 30.3 Å². The van der Waals surface area contributed by atoms with Gasteiger partial charge in [-0.1, -0.05) is 55.8 Å². The van der Waals surface area contributed by atoms with E-state index in [9.17, 15) is 29.4 Å². The predicted molar refractivity (Wildman–Crippen MR) is 192 cm³/mol. The lowest BCUT2D eigenvalue weighted by molar-refractivity contribution is -0.143. The quantitative estimate of drug-likeness (QED) is 0.0983. The maximum atomic E-state index is 14.2. The van der Waals surface area contributed by atoms with Gasteiger partial charge in [0, 0.05) is 30.3 Å². The zero-order valence-electron chi connectivity index (χ0n) is 29.2. The number of halogens is 1. The van der Waals surface area contributed by atoms with Crippen molar-refractivity contribution in [2.24, 2.45) is 11.8 Å². The summed E-state index contributed by atoms with van der Waals surface area (Å²) in [5.74, 6) is -2.06. The number of aromatic nitrogens is 1. The number of hydrogen-bond acceptors (Lipinski definition) is 7. The minimum atomic E-state index is -1.04. The topological polar surface area (TPSA) is 161 Å². The number of phenolic OH excluding ortho intramolecular Hbond substituents is 1. The van der Waals surface area contributed by atoms with Gasteiger partial charge in [0.1, 0.15) is 17.8 Å². The maximum Gasteiger partial charge on any atom is 0.307 e. The molecule has 0 fully saturated rings. The molecule has 0 unspecified atom stereocenters. The Morgan fingerprint density at radius 1 is 0.980 bits per heavy atom. The molecule has 0 saturated carbocycles. The van der Waals surface area contributed by atoms with Crippen molar-refractivity contribution in [2.75, 3.05) is 14.2 Å². The van der Waals surface area contributed by atoms with Gasteiger partial charge < -0.3 is 35.5 Å². The number of benzene rings is 2. The number of amides is 3. The van der Waals surface area contributed by atoms with Gasteiger partial charge in [-0.2, -0.15) is 0 Å². The second kappa shape index (κ2) is 18.0. The fourth-order valence-corrected chi connectivity index (χ4v) is 6.64. The number of H-pyrrole nitrogens is 1. The number of ether oxygens (including phenoxy) is 1. The molecular formula is C37H49BrN4O7. The first kappa shape index (κ1) is 39.3. The number of nitrogens with zero attached hydrogens (tertiary/aromatic N) is 1. The van der Waals surface area contributed by atoms with E-state index in [2.05, 4.69) is 37.6 Å². The summed E-state index contributed by atoms with van der Waals surface area (Å²) >= 11 is 3.58. The Morgan fingerprint density at radius 3 is 2.27 bits per heavy atom. The molecule has 0 bridgehead atoms. The minimum Gasteiger partial charge on any atom is -0.508 e. The van der Waals surface area contributed by atoms with Crippen molar-refractivity contribution in [1.29, 1.82) is 0 Å². The van der Waals surface area contributed by atoms with Crippen molar-refractivity contribution < 1.29 is 34.1 Å². The van der Waals surface area contributed by atoms with Crippen LogP contribution >= 0.6 is 15.9 Å². The van der Waals surface area contributed by atoms with E-state index >= 15 is 0 Å². The van der Waals surface area contributed by atoms with Crippen molar-refractivity contribution in [3.05, 3.63) is 75.9 Å². The highest BCUT2D eigenvalue weighted by Gasteiger charge is 2.34. The van der Waals surface area contributed by atoms with Crippen molar-refractivity contribution in [2.45, 2.75) is 84.5 Å². The maximum absolute atomic E-state index is 14.2. The van der Waals surface area contributed by atoms with Crippen LogP contribution in [0.15, 0.2) is 64.8 Å². The van der Waals surface area contributed by atoms with Crippen LogP contribution in [0, 0.1) is 11.8 Å². The summed E-state index contributed by atoms with van der Waals surface area (Å²) in [4.78, 5) is 58.2. The molecule has 266 valence electrons. The molecule has 49 heavy (non-hydrogen) atoms. The third-order valence-electron chi connectivity index (χ3n) is 8.57. The molecule has 3 aromatic rings. The number of hydrogen-bond donors (Lipinski definition) is 5. The first-order valence-electron chi connectivity index (χ1n) is 16.4. The van der Waals surface area contributed by atoms with Crippen LogP contribution in [0.2, 0.25) is 0 Å². The Labute approximate surface area is 296 Å². The Morgan fingerprint density at radius 2 is 1.63 bits per heavy atom. The Kier molecular flexibility index (Phi) is 14.4. The van der Waals surface area contributed by atoms with Crippen LogP contribution in [0.1, 0.15) is 71.0 Å². The Bertz CT molecular complexity index is 1640. The number of aromatic amines is 1. The minimum absolute atomic E-state index is 0.0294. The van der Waals surface area contributed by atoms with Crippen LogP contribution in [0.5, 0.6) is 5.75 Å². The average molecular weight is 742 g/mol. The smallest absolute Gasteiger partial charge is 0.307 e. The van der Waals surface area contributed by atoms with Crippen LogP contribution in [0.4, 0.5) is 0 Å². The molecule has 1 aromatic heterocycles. The van der Waals surface area contributed by atoms with Gasteiger partial charge in [0.15, 0.2) is 0 Å². The fraction of sp³-hybridized carbons (Fsp3) is 0.459. The number of rotatable bonds is 16. The van der Waals surface area contributed by atoms with E-state index in [4.69, 9.17) is 4.74 Å². The molecule has 5 N–H and O–H groups in total. The molecule has 1 heterocycles. The van der Waals surface area contributed by atoms with E-state index in [1.807, 2.05) is 38.1 Å². The average Bonchev–Trinajstić information content (AvgIpc) is 3.36. The third kappa shape index (κ3) is 11.2. The molecule has 0 saturated heterocycles. The molecular weight excluding hydrogens is 692 g/mol. The number of methoxy groups -OCH3 is 1. The van der Waals surface area contributed by atoms with Gasteiger partial charge >= 0.3 is 5.97 Å². The standard InChI is InChI=1S/C37H49BrN4O7/c1-21(16-22(2)18-24(4)43)17-23(3)35(46)39-25(5)37(48)42(6)32(19-29-28-10-8-9-11-30(28)40-34(29)38)36(47)41-31(20-33(45)49-7)26-12-14-27(44)15-13-26/h8-16,22-25,31-32,40,43-44H,17-20H2,1-7H3,(H,39,46)(H,41,47)/b21-16+/t22-,23-,24-,25-,31+,32+/m0/s1. The number of carbonyl (C=O) groups excluding carboxylic acids is 4. The van der Waals surface area contributed by atoms with Crippen LogP contribution in [0.3, 0.4) is 0 Å². The zero-order chi connectivity index (χ0) is 36.4. The zero-order valence-corrected chi connectivity index (χ0v) is 30.8. The first-order chi connectivity index (χ1) is 23.1. The highest BCUT2D eigenvalue weighted by molar-refractivity contribution is 9.10. The molecule has 0 spiro atoms. The lowest BCUT2D eigenvalue weighted by Crippen LogP contribution is -2.55. The molecule has 0 aliphatic rings. The summed E-state index contributed by atoms with van der Waals surface area (Å²) in [7, 11) is 2.78. The van der Waals surface area contributed by atoms with Crippen molar-refractivity contribution in [1.82, 2.24) is 20.5 Å². The highest BCUT2D eigenvalue weighted by Crippen LogP contribution is 2.29. The summed E-state index contributed by atoms with van der Waals surface area (Å²) in [5, 5.41) is 26.1. The number of aromatic hydroxyl groups is 1.